The monoisotopic (exact) mass is 1370 g/mol. The molecule has 0 fully saturated rings. The van der Waals surface area contributed by atoms with E-state index in [1.165, 1.54) is 60.8 Å². The van der Waals surface area contributed by atoms with Crippen molar-refractivity contribution in [3.05, 3.63) is 169 Å². The van der Waals surface area contributed by atoms with Crippen molar-refractivity contribution in [3.8, 4) is 0 Å². The van der Waals surface area contributed by atoms with Crippen molar-refractivity contribution >= 4 is 134 Å². The summed E-state index contributed by atoms with van der Waals surface area (Å²) in [7, 11) is -14.7. The fourth-order valence-electron chi connectivity index (χ4n) is 7.32. The number of carbonyl (C=O) groups is 6. The molecule has 0 saturated heterocycles. The van der Waals surface area contributed by atoms with Crippen molar-refractivity contribution in [1.82, 2.24) is 15.5 Å². The number of hydrogen-bond acceptors (Lipinski definition) is 21. The molecule has 3 aromatic carbocycles. The number of benzene rings is 3. The second-order valence-electron chi connectivity index (χ2n) is 18.3. The van der Waals surface area contributed by atoms with E-state index >= 15 is 0 Å². The zero-order valence-electron chi connectivity index (χ0n) is 77.6. The lowest BCUT2D eigenvalue weighted by molar-refractivity contribution is 0.100. The highest BCUT2D eigenvalue weighted by molar-refractivity contribution is 7.93. The van der Waals surface area contributed by atoms with Gasteiger partial charge in [0.1, 0.15) is 29.3 Å². The normalized spacial score (nSPS) is 17.0. The summed E-state index contributed by atoms with van der Waals surface area (Å²) in [4.78, 5) is 74.6. The van der Waals surface area contributed by atoms with E-state index in [1.807, 2.05) is 0 Å². The van der Waals surface area contributed by atoms with Crippen molar-refractivity contribution < 1.29 is 109 Å². The standard InChI is InChI=1S/3C20H21N3O5S2/c3*1-10-8-11(2)17(15(9-10)14(5)24)21-19(25)18-16(6-7-29-18)30(26,27)23-20-12(3)13(4)22-28-20/h3*6-9,23H,1-5H3,(H,21,25)/i1D3,2D3,5D3,8D,9D;3D3,5D3,8D,9D;5D3,8D,9D/hD6. The fourth-order valence-corrected chi connectivity index (χ4v) is 14.1. The zero-order valence-corrected chi connectivity index (χ0v) is 52.5. The number of nitrogens with one attached hydrogen (secondary N) is 6. The molecule has 0 atom stereocenters. The number of thiophene rings is 3. The second-order valence-corrected chi connectivity index (χ2v) is 25.8. The predicted octanol–water partition coefficient (Wildman–Crippen LogP) is 12.7. The van der Waals surface area contributed by atoms with Gasteiger partial charge in [-0.1, -0.05) is 33.6 Å². The van der Waals surface area contributed by atoms with Crippen molar-refractivity contribution in [2.24, 2.45) is 0 Å². The highest BCUT2D eigenvalue weighted by atomic mass is 32.2. The molecule has 3 amide bonds. The molecule has 6 heterocycles. The van der Waals surface area contributed by atoms with Gasteiger partial charge in [0, 0.05) is 58.1 Å². The van der Waals surface area contributed by atoms with Gasteiger partial charge in [0.25, 0.3) is 47.8 Å². The summed E-state index contributed by atoms with van der Waals surface area (Å²) in [5.41, 5.74) is -8.69. The first-order chi connectivity index (χ1) is 54.5. The Balaban J connectivity index is 0.000000249. The van der Waals surface area contributed by atoms with Crippen LogP contribution in [0, 0.1) is 82.9 Å². The molecule has 0 bridgehead atoms. The lowest BCUT2D eigenvalue weighted by Gasteiger charge is -2.14. The van der Waals surface area contributed by atoms with Gasteiger partial charge in [-0.25, -0.2) is 39.4 Å². The number of hydrogen-bond donors (Lipinski definition) is 6. The molecular weight excluding hydrogens is 1280 g/mol. The minimum atomic E-state index is -5.03. The van der Waals surface area contributed by atoms with Crippen LogP contribution < -0.4 is 30.1 Å². The van der Waals surface area contributed by atoms with E-state index in [1.54, 1.807) is 6.92 Å². The zero-order chi connectivity index (χ0) is 92.1. The Morgan fingerprint density at radius 3 is 1.04 bits per heavy atom. The Kier molecular flexibility index (Phi) is 11.6. The number of carbonyl (C=O) groups excluding carboxylic acids is 6. The van der Waals surface area contributed by atoms with Gasteiger partial charge in [0.2, 0.25) is 17.7 Å². The average Bonchev–Trinajstić information content (AvgIpc) is 0.984. The Bertz CT molecular complexity index is 6020. The maximum Gasteiger partial charge on any atom is 0.267 e. The molecule has 6 aromatic heterocycles. The Morgan fingerprint density at radius 2 is 0.744 bits per heavy atom. The molecule has 0 radical (unpaired) electrons. The molecule has 9 aromatic rings. The van der Waals surface area contributed by atoms with E-state index in [0.29, 0.717) is 39.7 Å². The molecule has 0 aliphatic heterocycles. The minimum Gasteiger partial charge on any atom is -0.337 e. The summed E-state index contributed by atoms with van der Waals surface area (Å²) in [5, 5.41) is 13.8. The van der Waals surface area contributed by atoms with Gasteiger partial charge < -0.3 is 29.5 Å². The molecule has 9 rings (SSSR count). The number of anilines is 6. The first-order valence-electron chi connectivity index (χ1n) is 39.3. The quantitative estimate of drug-likeness (QED) is 0.0435. The minimum absolute atomic E-state index is 0.0232. The van der Waals surface area contributed by atoms with E-state index in [2.05, 4.69) is 15.5 Å². The summed E-state index contributed by atoms with van der Waals surface area (Å²) in [6.45, 7) is -7.70. The van der Waals surface area contributed by atoms with E-state index in [9.17, 15) is 54.0 Å². The maximum absolute atomic E-state index is 13.6. The van der Waals surface area contributed by atoms with Crippen LogP contribution in [0.15, 0.2) is 98.8 Å². The molecule has 6 N–H and O–H groups in total. The second kappa shape index (κ2) is 27.4. The number of Topliss-reactive ketones (excluding diaryl/α,β-unsaturated/α-hetero) is 3. The van der Waals surface area contributed by atoms with Crippen molar-refractivity contribution in [2.75, 3.05) is 30.1 Å². The van der Waals surface area contributed by atoms with Crippen molar-refractivity contribution in [2.45, 2.75) is 118 Å². The van der Waals surface area contributed by atoms with Gasteiger partial charge >= 0.3 is 0 Å². The summed E-state index contributed by atoms with van der Waals surface area (Å²) in [6.07, 6.45) is 0. The number of aromatic nitrogens is 3. The SMILES string of the molecule is [2H]c1c(C(=O)C([2H])([2H])[2H])c(N([2H])C(=O)c2sccc2S(=O)(=O)N([2H])c2onc(C)c2C)c(C([2H])([2H])[2H])c([2H])c1C([2H])([2H])[2H].[2H]c1c(C)c([2H])c(C(=O)C([2H])([2H])[2H])c(N([2H])C(=O)c2sccc2S(=O)(=O)N([2H])c2onc(C)c2C([2H])([2H])[2H])c1C.[2H]c1c(C)c([2H])c(C(=O)C([2H])([2H])[2H])c(N([2H])C(=O)c2sccc2S(=O)(=O)N([2H])c2onc(C)c2C)c1C. The first-order valence-corrected chi connectivity index (χ1v) is 31.6. The number of sulfonamides is 3. The Morgan fingerprint density at radius 1 is 0.433 bits per heavy atom. The van der Waals surface area contributed by atoms with Crippen molar-refractivity contribution in [3.63, 3.8) is 0 Å². The molecule has 24 nitrogen and oxygen atoms in total. The van der Waals surface area contributed by atoms with E-state index < -0.39 is 228 Å². The van der Waals surface area contributed by atoms with Crippen LogP contribution in [0.4, 0.5) is 34.7 Å². The van der Waals surface area contributed by atoms with Crippen LogP contribution in [-0.4, -0.2) is 75.8 Å². The molecule has 30 heteroatoms. The molecule has 0 spiro atoms. The fraction of sp³-hybridized carbons (Fsp3) is 0.250. The lowest BCUT2D eigenvalue weighted by Crippen LogP contribution is -2.20. The summed E-state index contributed by atoms with van der Waals surface area (Å²) in [6, 6.07) is -1.92. The van der Waals surface area contributed by atoms with Crippen LogP contribution in [0.2, 0.25) is 8.47 Å². The molecule has 474 valence electrons. The molecule has 0 unspecified atom stereocenters. The number of rotatable bonds is 18. The van der Waals surface area contributed by atoms with Crippen LogP contribution in [0.1, 0.15) is 181 Å². The van der Waals surface area contributed by atoms with Gasteiger partial charge in [-0.05, 0) is 189 Å². The summed E-state index contributed by atoms with van der Waals surface area (Å²) in [5.74, 6) is -11.3. The first kappa shape index (κ1) is 37.9. The molecule has 0 aliphatic rings. The predicted molar refractivity (Wildman–Crippen MR) is 345 cm³/mol. The third-order valence-electron chi connectivity index (χ3n) is 11.9. The van der Waals surface area contributed by atoms with Crippen molar-refractivity contribution in [1.29, 1.82) is 0 Å². The van der Waals surface area contributed by atoms with E-state index in [0.717, 1.165) is 29.0 Å². The Hall–Kier alpha value is -8.94. The topological polar surface area (TPSA) is 355 Å². The van der Waals surface area contributed by atoms with Crippen LogP contribution >= 0.6 is 34.0 Å². The number of aryl methyl sites for hydroxylation is 3. The van der Waals surface area contributed by atoms with Gasteiger partial charge in [0.15, 0.2) is 25.8 Å². The van der Waals surface area contributed by atoms with Gasteiger partial charge in [0.05, 0.1) is 42.4 Å². The van der Waals surface area contributed by atoms with Gasteiger partial charge in [-0.2, -0.15) is 0 Å². The third-order valence-corrected chi connectivity index (χ3v) is 18.9. The van der Waals surface area contributed by atoms with Gasteiger partial charge in [-0.3, -0.25) is 28.8 Å². The molecular formula is C60H63N9O15S6. The number of nitrogens with zero attached hydrogens (tertiary/aromatic N) is 3. The summed E-state index contributed by atoms with van der Waals surface area (Å²) < 4.78 is 331. The number of ketones is 3. The highest BCUT2D eigenvalue weighted by Crippen LogP contribution is 2.34. The molecule has 90 heavy (non-hydrogen) atoms. The van der Waals surface area contributed by atoms with Crippen LogP contribution in [-0.2, 0) is 30.1 Å². The maximum atomic E-state index is 13.6. The van der Waals surface area contributed by atoms with Crippen LogP contribution in [0.25, 0.3) is 0 Å². The average molecular weight is 1370 g/mol. The molecule has 0 aliphatic carbocycles. The smallest absolute Gasteiger partial charge is 0.267 e. The lowest BCUT2D eigenvalue weighted by atomic mass is 10.0. The Labute approximate surface area is 573 Å². The van der Waals surface area contributed by atoms with Gasteiger partial charge in [-0.15, -0.1) is 34.0 Å². The number of amides is 3. The van der Waals surface area contributed by atoms with Crippen LogP contribution in [0.5, 0.6) is 0 Å². The van der Waals surface area contributed by atoms with Crippen LogP contribution in [0.3, 0.4) is 0 Å². The van der Waals surface area contributed by atoms with E-state index in [-0.39, 0.29) is 86.9 Å². The summed E-state index contributed by atoms with van der Waals surface area (Å²) >= 11 is 1.57. The van der Waals surface area contributed by atoms with E-state index in [4.69, 9.17) is 54.9 Å². The third kappa shape index (κ3) is 15.4. The molecule has 0 saturated carbocycles. The highest BCUT2D eigenvalue weighted by Gasteiger charge is 2.31. The largest absolute Gasteiger partial charge is 0.337 e.